The minimum Gasteiger partial charge on any atom is -0.351 e. The van der Waals surface area contributed by atoms with Gasteiger partial charge in [0.2, 0.25) is 5.91 Å². The Bertz CT molecular complexity index is 899. The minimum absolute atomic E-state index is 0.0786. The van der Waals surface area contributed by atoms with E-state index in [2.05, 4.69) is 15.3 Å². The number of hydrogen-bond acceptors (Lipinski definition) is 5. The van der Waals surface area contributed by atoms with Crippen LogP contribution in [-0.4, -0.2) is 27.0 Å². The smallest absolute Gasteiger partial charge is 0.271 e. The third kappa shape index (κ3) is 3.70. The van der Waals surface area contributed by atoms with Crippen molar-refractivity contribution in [1.29, 1.82) is 0 Å². The molecular weight excluding hydrogens is 312 g/mol. The van der Waals surface area contributed by atoms with Crippen LogP contribution in [0.4, 0.5) is 0 Å². The van der Waals surface area contributed by atoms with Gasteiger partial charge in [0.25, 0.3) is 5.56 Å². The summed E-state index contributed by atoms with van der Waals surface area (Å²) in [7, 11) is 0. The predicted molar refractivity (Wildman–Crippen MR) is 90.2 cm³/mol. The molecule has 6 nitrogen and oxygen atoms in total. The van der Waals surface area contributed by atoms with Crippen molar-refractivity contribution in [3.8, 4) is 0 Å². The van der Waals surface area contributed by atoms with Crippen molar-refractivity contribution < 1.29 is 4.79 Å². The average Bonchev–Trinajstić information content (AvgIpc) is 3.05. The van der Waals surface area contributed by atoms with Gasteiger partial charge in [0.1, 0.15) is 4.70 Å². The van der Waals surface area contributed by atoms with Crippen molar-refractivity contribution in [2.24, 2.45) is 0 Å². The largest absolute Gasteiger partial charge is 0.351 e. The summed E-state index contributed by atoms with van der Waals surface area (Å²) >= 11 is 1.37. The molecular formula is C16H14N4O2S. The highest BCUT2D eigenvalue weighted by atomic mass is 32.1. The normalized spacial score (nSPS) is 11.1. The highest BCUT2D eigenvalue weighted by Crippen LogP contribution is 2.12. The Morgan fingerprint density at radius 3 is 3.13 bits per heavy atom. The Hall–Kier alpha value is -2.80. The number of carbonyl (C=O) groups is 1. The van der Waals surface area contributed by atoms with E-state index in [0.29, 0.717) is 23.3 Å². The number of fused-ring (bicyclic) bond motifs is 1. The number of nitrogens with zero attached hydrogens (tertiary/aromatic N) is 3. The monoisotopic (exact) mass is 326 g/mol. The maximum atomic E-state index is 12.2. The van der Waals surface area contributed by atoms with Gasteiger partial charge in [-0.1, -0.05) is 6.07 Å². The zero-order valence-electron chi connectivity index (χ0n) is 12.2. The third-order valence-corrected chi connectivity index (χ3v) is 4.09. The van der Waals surface area contributed by atoms with Gasteiger partial charge >= 0.3 is 0 Å². The third-order valence-electron chi connectivity index (χ3n) is 3.20. The Labute approximate surface area is 136 Å². The van der Waals surface area contributed by atoms with E-state index < -0.39 is 0 Å². The van der Waals surface area contributed by atoms with Gasteiger partial charge in [-0.25, -0.2) is 4.98 Å². The van der Waals surface area contributed by atoms with Crippen molar-refractivity contribution >= 4 is 33.5 Å². The van der Waals surface area contributed by atoms with Crippen LogP contribution in [0.2, 0.25) is 0 Å². The van der Waals surface area contributed by atoms with Crippen LogP contribution in [0.3, 0.4) is 0 Å². The zero-order valence-corrected chi connectivity index (χ0v) is 13.0. The fraction of sp³-hybridized carbons (Fsp3) is 0.125. The average molecular weight is 326 g/mol. The van der Waals surface area contributed by atoms with Crippen molar-refractivity contribution in [3.63, 3.8) is 0 Å². The lowest BCUT2D eigenvalue weighted by molar-refractivity contribution is -0.116. The van der Waals surface area contributed by atoms with Crippen LogP contribution in [0.15, 0.2) is 53.2 Å². The van der Waals surface area contributed by atoms with Gasteiger partial charge < -0.3 is 5.32 Å². The van der Waals surface area contributed by atoms with Crippen LogP contribution in [0.25, 0.3) is 16.3 Å². The van der Waals surface area contributed by atoms with Crippen LogP contribution in [0, 0.1) is 0 Å². The maximum absolute atomic E-state index is 12.2. The van der Waals surface area contributed by atoms with Crippen molar-refractivity contribution in [1.82, 2.24) is 19.9 Å². The van der Waals surface area contributed by atoms with Crippen molar-refractivity contribution in [2.75, 3.05) is 6.54 Å². The molecule has 0 saturated carbocycles. The summed E-state index contributed by atoms with van der Waals surface area (Å²) in [6.07, 6.45) is 7.99. The fourth-order valence-electron chi connectivity index (χ4n) is 2.04. The van der Waals surface area contributed by atoms with E-state index in [4.69, 9.17) is 0 Å². The molecule has 7 heteroatoms. The lowest BCUT2D eigenvalue weighted by atomic mass is 10.2. The minimum atomic E-state index is -0.216. The molecule has 3 heterocycles. The molecule has 3 aromatic rings. The number of thiophene rings is 1. The molecule has 1 N–H and O–H groups in total. The number of aromatic nitrogens is 3. The molecule has 0 atom stereocenters. The van der Waals surface area contributed by atoms with E-state index in [1.165, 1.54) is 28.3 Å². The second-order valence-electron chi connectivity index (χ2n) is 4.79. The lowest BCUT2D eigenvalue weighted by Crippen LogP contribution is -2.29. The molecule has 116 valence electrons. The molecule has 0 spiro atoms. The molecule has 3 aromatic heterocycles. The number of nitrogens with one attached hydrogen (secondary N) is 1. The Morgan fingerprint density at radius 1 is 1.39 bits per heavy atom. The lowest BCUT2D eigenvalue weighted by Gasteiger charge is -2.05. The van der Waals surface area contributed by atoms with Gasteiger partial charge in [0.15, 0.2) is 0 Å². The van der Waals surface area contributed by atoms with E-state index in [1.54, 1.807) is 24.5 Å². The summed E-state index contributed by atoms with van der Waals surface area (Å²) in [4.78, 5) is 32.1. The van der Waals surface area contributed by atoms with E-state index in [0.717, 1.165) is 5.56 Å². The van der Waals surface area contributed by atoms with Gasteiger partial charge in [-0.15, -0.1) is 11.3 Å². The van der Waals surface area contributed by atoms with Crippen LogP contribution >= 0.6 is 11.3 Å². The molecule has 23 heavy (non-hydrogen) atoms. The number of carbonyl (C=O) groups excluding carboxylic acids is 1. The molecule has 0 radical (unpaired) electrons. The summed E-state index contributed by atoms with van der Waals surface area (Å²) in [6, 6.07) is 5.48. The SMILES string of the molecule is O=C(/C=C/c1cccnc1)NCCn1cnc2ccsc2c1=O. The standard InChI is InChI=1S/C16H14N4O2S/c21-14(4-3-12-2-1-6-17-10-12)18-7-8-20-11-19-13-5-9-23-15(13)16(20)22/h1-6,9-11H,7-8H2,(H,18,21)/b4-3+. The quantitative estimate of drug-likeness (QED) is 0.724. The number of amides is 1. The van der Waals surface area contributed by atoms with Gasteiger partial charge in [-0.3, -0.25) is 19.1 Å². The number of pyridine rings is 1. The molecule has 0 aliphatic rings. The van der Waals surface area contributed by atoms with E-state index in [9.17, 15) is 9.59 Å². The van der Waals surface area contributed by atoms with Gasteiger partial charge in [-0.05, 0) is 29.2 Å². The summed E-state index contributed by atoms with van der Waals surface area (Å²) in [5.74, 6) is -0.216. The summed E-state index contributed by atoms with van der Waals surface area (Å²) in [5.41, 5.74) is 1.48. The van der Waals surface area contributed by atoms with Gasteiger partial charge in [0.05, 0.1) is 11.8 Å². The molecule has 0 fully saturated rings. The molecule has 1 amide bonds. The Balaban J connectivity index is 1.56. The summed E-state index contributed by atoms with van der Waals surface area (Å²) in [5, 5.41) is 4.58. The maximum Gasteiger partial charge on any atom is 0.271 e. The number of rotatable bonds is 5. The Morgan fingerprint density at radius 2 is 2.30 bits per heavy atom. The molecule has 0 aromatic carbocycles. The van der Waals surface area contributed by atoms with Gasteiger partial charge in [-0.2, -0.15) is 0 Å². The number of hydrogen-bond donors (Lipinski definition) is 1. The second kappa shape index (κ2) is 6.97. The van der Waals surface area contributed by atoms with Crippen molar-refractivity contribution in [3.05, 3.63) is 64.3 Å². The predicted octanol–water partition coefficient (Wildman–Crippen LogP) is 1.68. The molecule has 0 unspecified atom stereocenters. The van der Waals surface area contributed by atoms with Gasteiger partial charge in [0, 0.05) is 31.6 Å². The van der Waals surface area contributed by atoms with Crippen LogP contribution < -0.4 is 10.9 Å². The van der Waals surface area contributed by atoms with Crippen LogP contribution in [-0.2, 0) is 11.3 Å². The molecule has 0 saturated heterocycles. The second-order valence-corrected chi connectivity index (χ2v) is 5.70. The fourth-order valence-corrected chi connectivity index (χ4v) is 2.84. The summed E-state index contributed by atoms with van der Waals surface area (Å²) in [6.45, 7) is 0.737. The first-order valence-corrected chi connectivity index (χ1v) is 7.90. The molecule has 3 rings (SSSR count). The van der Waals surface area contributed by atoms with Crippen LogP contribution in [0.1, 0.15) is 5.56 Å². The van der Waals surface area contributed by atoms with E-state index in [-0.39, 0.29) is 11.5 Å². The zero-order chi connectivity index (χ0) is 16.1. The van der Waals surface area contributed by atoms with Crippen molar-refractivity contribution in [2.45, 2.75) is 6.54 Å². The molecule has 0 aliphatic carbocycles. The Kier molecular flexibility index (Phi) is 4.58. The summed E-state index contributed by atoms with van der Waals surface area (Å²) < 4.78 is 2.14. The van der Waals surface area contributed by atoms with E-state index >= 15 is 0 Å². The molecule has 0 bridgehead atoms. The molecule has 0 aliphatic heterocycles. The first-order chi connectivity index (χ1) is 11.2. The van der Waals surface area contributed by atoms with Crippen LogP contribution in [0.5, 0.6) is 0 Å². The topological polar surface area (TPSA) is 76.9 Å². The van der Waals surface area contributed by atoms with E-state index in [1.807, 2.05) is 17.5 Å². The highest BCUT2D eigenvalue weighted by Gasteiger charge is 2.05. The highest BCUT2D eigenvalue weighted by molar-refractivity contribution is 7.17. The first kappa shape index (κ1) is 15.1. The first-order valence-electron chi connectivity index (χ1n) is 7.02.